The molecule has 0 heterocycles. The predicted molar refractivity (Wildman–Crippen MR) is 56.6 cm³/mol. The molecule has 15 heavy (non-hydrogen) atoms. The Bertz CT molecular complexity index is 330. The molecular weight excluding hydrogens is 192 g/mol. The van der Waals surface area contributed by atoms with Gasteiger partial charge in [-0.3, -0.25) is 4.79 Å². The number of esters is 1. The van der Waals surface area contributed by atoms with Gasteiger partial charge in [-0.05, 0) is 12.1 Å². The second kappa shape index (κ2) is 5.96. The van der Waals surface area contributed by atoms with E-state index in [0.717, 1.165) is 0 Å². The zero-order valence-electron chi connectivity index (χ0n) is 8.73. The van der Waals surface area contributed by atoms with Crippen molar-refractivity contribution in [2.75, 3.05) is 6.61 Å². The Balaban J connectivity index is 2.34. The number of rotatable bonds is 5. The summed E-state index contributed by atoms with van der Waals surface area (Å²) in [4.78, 5) is 22.3. The van der Waals surface area contributed by atoms with Gasteiger partial charge >= 0.3 is 5.97 Å². The maximum atomic E-state index is 11.4. The van der Waals surface area contributed by atoms with Crippen LogP contribution in [-0.4, -0.2) is 18.4 Å². The van der Waals surface area contributed by atoms with Gasteiger partial charge in [0.05, 0.1) is 12.2 Å². The number of benzene rings is 1. The van der Waals surface area contributed by atoms with Crippen LogP contribution in [0.5, 0.6) is 0 Å². The third-order valence-electron chi connectivity index (χ3n) is 2.02. The highest BCUT2D eigenvalue weighted by Gasteiger charge is 2.06. The molecule has 1 aromatic rings. The maximum absolute atomic E-state index is 11.4. The Kier molecular flexibility index (Phi) is 4.54. The Hall–Kier alpha value is -1.64. The summed E-state index contributed by atoms with van der Waals surface area (Å²) in [6.45, 7) is 1.96. The van der Waals surface area contributed by atoms with Gasteiger partial charge in [0.2, 0.25) is 0 Å². The molecule has 0 saturated heterocycles. The number of carbonyl (C=O) groups is 2. The van der Waals surface area contributed by atoms with Crippen LogP contribution < -0.4 is 0 Å². The third-order valence-corrected chi connectivity index (χ3v) is 2.02. The maximum Gasteiger partial charge on any atom is 0.338 e. The van der Waals surface area contributed by atoms with Crippen molar-refractivity contribution in [2.24, 2.45) is 0 Å². The summed E-state index contributed by atoms with van der Waals surface area (Å²) >= 11 is 0. The summed E-state index contributed by atoms with van der Waals surface area (Å²) in [6, 6.07) is 8.74. The molecule has 0 spiro atoms. The topological polar surface area (TPSA) is 43.4 Å². The number of carbonyl (C=O) groups excluding carboxylic acids is 2. The van der Waals surface area contributed by atoms with Crippen molar-refractivity contribution in [2.45, 2.75) is 19.8 Å². The fraction of sp³-hybridized carbons (Fsp3) is 0.333. The van der Waals surface area contributed by atoms with E-state index in [1.165, 1.54) is 0 Å². The first-order chi connectivity index (χ1) is 7.24. The molecule has 0 unspecified atom stereocenters. The van der Waals surface area contributed by atoms with Crippen LogP contribution in [0.3, 0.4) is 0 Å². The van der Waals surface area contributed by atoms with E-state index in [9.17, 15) is 9.59 Å². The Labute approximate surface area is 89.1 Å². The molecule has 0 aliphatic carbocycles. The molecule has 3 heteroatoms. The molecule has 0 atom stereocenters. The Morgan fingerprint density at radius 1 is 1.20 bits per heavy atom. The SMILES string of the molecule is CCC(=O)CCOC(=O)c1ccccc1. The van der Waals surface area contributed by atoms with Gasteiger partial charge in [0, 0.05) is 12.8 Å². The van der Waals surface area contributed by atoms with Gasteiger partial charge in [0.25, 0.3) is 0 Å². The minimum atomic E-state index is -0.375. The number of hydrogen-bond acceptors (Lipinski definition) is 3. The quantitative estimate of drug-likeness (QED) is 0.694. The van der Waals surface area contributed by atoms with Gasteiger partial charge in [-0.2, -0.15) is 0 Å². The first-order valence-electron chi connectivity index (χ1n) is 4.98. The normalized spacial score (nSPS) is 9.67. The van der Waals surface area contributed by atoms with Crippen LogP contribution in [-0.2, 0) is 9.53 Å². The smallest absolute Gasteiger partial charge is 0.338 e. The van der Waals surface area contributed by atoms with Crippen LogP contribution >= 0.6 is 0 Å². The van der Waals surface area contributed by atoms with Gasteiger partial charge in [-0.25, -0.2) is 4.79 Å². The Morgan fingerprint density at radius 2 is 1.87 bits per heavy atom. The van der Waals surface area contributed by atoms with Gasteiger partial charge in [-0.15, -0.1) is 0 Å². The lowest BCUT2D eigenvalue weighted by molar-refractivity contribution is -0.119. The molecule has 1 rings (SSSR count). The van der Waals surface area contributed by atoms with Gasteiger partial charge < -0.3 is 4.74 Å². The molecular formula is C12H14O3. The van der Waals surface area contributed by atoms with E-state index in [1.54, 1.807) is 31.2 Å². The summed E-state index contributed by atoms with van der Waals surface area (Å²) in [6.07, 6.45) is 0.790. The number of ketones is 1. The molecule has 3 nitrogen and oxygen atoms in total. The summed E-state index contributed by atoms with van der Waals surface area (Å²) < 4.78 is 4.94. The molecule has 0 fully saturated rings. The average molecular weight is 206 g/mol. The lowest BCUT2D eigenvalue weighted by Crippen LogP contribution is -2.09. The monoisotopic (exact) mass is 206 g/mol. The second-order valence-electron chi connectivity index (χ2n) is 3.14. The molecule has 0 saturated carbocycles. The van der Waals surface area contributed by atoms with E-state index in [2.05, 4.69) is 0 Å². The van der Waals surface area contributed by atoms with Crippen LogP contribution in [0.1, 0.15) is 30.1 Å². The van der Waals surface area contributed by atoms with E-state index in [0.29, 0.717) is 18.4 Å². The van der Waals surface area contributed by atoms with Gasteiger partial charge in [0.15, 0.2) is 0 Å². The molecule has 0 aliphatic rings. The highest BCUT2D eigenvalue weighted by atomic mass is 16.5. The molecule has 0 N–H and O–H groups in total. The summed E-state index contributed by atoms with van der Waals surface area (Å²) in [5.41, 5.74) is 0.515. The van der Waals surface area contributed by atoms with Crippen LogP contribution in [0, 0.1) is 0 Å². The van der Waals surface area contributed by atoms with Crippen molar-refractivity contribution < 1.29 is 14.3 Å². The average Bonchev–Trinajstić information content (AvgIpc) is 2.29. The molecule has 0 bridgehead atoms. The second-order valence-corrected chi connectivity index (χ2v) is 3.14. The minimum Gasteiger partial charge on any atom is -0.462 e. The lowest BCUT2D eigenvalue weighted by Gasteiger charge is -2.03. The molecule has 0 radical (unpaired) electrons. The van der Waals surface area contributed by atoms with E-state index in [4.69, 9.17) is 4.74 Å². The van der Waals surface area contributed by atoms with Crippen molar-refractivity contribution in [1.29, 1.82) is 0 Å². The fourth-order valence-electron chi connectivity index (χ4n) is 1.09. The highest BCUT2D eigenvalue weighted by molar-refractivity contribution is 5.89. The summed E-state index contributed by atoms with van der Waals surface area (Å²) in [5, 5.41) is 0. The fourth-order valence-corrected chi connectivity index (χ4v) is 1.09. The standard InChI is InChI=1S/C12H14O3/c1-2-11(13)8-9-15-12(14)10-6-4-3-5-7-10/h3-7H,2,8-9H2,1H3. The largest absolute Gasteiger partial charge is 0.462 e. The zero-order chi connectivity index (χ0) is 11.1. The van der Waals surface area contributed by atoms with Crippen LogP contribution in [0.15, 0.2) is 30.3 Å². The van der Waals surface area contributed by atoms with Crippen molar-refractivity contribution in [3.8, 4) is 0 Å². The first-order valence-corrected chi connectivity index (χ1v) is 4.98. The third kappa shape index (κ3) is 3.94. The lowest BCUT2D eigenvalue weighted by atomic mass is 10.2. The van der Waals surface area contributed by atoms with Crippen molar-refractivity contribution >= 4 is 11.8 Å². The first kappa shape index (κ1) is 11.4. The molecule has 1 aromatic carbocycles. The number of hydrogen-bond donors (Lipinski definition) is 0. The Morgan fingerprint density at radius 3 is 2.47 bits per heavy atom. The van der Waals surface area contributed by atoms with Gasteiger partial charge in [-0.1, -0.05) is 25.1 Å². The van der Waals surface area contributed by atoms with E-state index in [1.807, 2.05) is 6.07 Å². The molecule has 0 amide bonds. The van der Waals surface area contributed by atoms with E-state index >= 15 is 0 Å². The van der Waals surface area contributed by atoms with Crippen molar-refractivity contribution in [3.63, 3.8) is 0 Å². The summed E-state index contributed by atoms with van der Waals surface area (Å²) in [7, 11) is 0. The van der Waals surface area contributed by atoms with Crippen LogP contribution in [0.2, 0.25) is 0 Å². The zero-order valence-corrected chi connectivity index (χ0v) is 8.73. The van der Waals surface area contributed by atoms with Crippen molar-refractivity contribution in [3.05, 3.63) is 35.9 Å². The van der Waals surface area contributed by atoms with Crippen LogP contribution in [0.25, 0.3) is 0 Å². The van der Waals surface area contributed by atoms with Crippen LogP contribution in [0.4, 0.5) is 0 Å². The van der Waals surface area contributed by atoms with E-state index in [-0.39, 0.29) is 18.4 Å². The van der Waals surface area contributed by atoms with Crippen molar-refractivity contribution in [1.82, 2.24) is 0 Å². The summed E-state index contributed by atoms with van der Waals surface area (Å²) in [5.74, 6) is -0.268. The predicted octanol–water partition coefficient (Wildman–Crippen LogP) is 2.21. The molecule has 0 aliphatic heterocycles. The molecule has 80 valence electrons. The number of Topliss-reactive ketones (excluding diaryl/α,β-unsaturated/α-hetero) is 1. The minimum absolute atomic E-state index is 0.107. The number of ether oxygens (including phenoxy) is 1. The highest BCUT2D eigenvalue weighted by Crippen LogP contribution is 2.01. The van der Waals surface area contributed by atoms with Gasteiger partial charge in [0.1, 0.15) is 5.78 Å². The molecule has 0 aromatic heterocycles. The van der Waals surface area contributed by atoms with E-state index < -0.39 is 0 Å².